The van der Waals surface area contributed by atoms with Gasteiger partial charge >= 0.3 is 0 Å². The SMILES string of the molecule is C1=C[N+](c2ccccc2)([C@H]2CCOC2)N=C1. The van der Waals surface area contributed by atoms with E-state index in [9.17, 15) is 0 Å². The molecule has 0 spiro atoms. The van der Waals surface area contributed by atoms with E-state index in [1.807, 2.05) is 18.4 Å². The minimum absolute atomic E-state index is 0.414. The zero-order valence-corrected chi connectivity index (χ0v) is 9.12. The lowest BCUT2D eigenvalue weighted by Gasteiger charge is -2.30. The number of allylic oxidation sites excluding steroid dienone is 1. The van der Waals surface area contributed by atoms with Gasteiger partial charge in [-0.3, -0.25) is 0 Å². The second-order valence-corrected chi connectivity index (χ2v) is 4.20. The minimum atomic E-state index is 0.414. The van der Waals surface area contributed by atoms with E-state index in [1.165, 1.54) is 5.69 Å². The summed E-state index contributed by atoms with van der Waals surface area (Å²) in [4.78, 5) is 0. The maximum Gasteiger partial charge on any atom is 0.164 e. The highest BCUT2D eigenvalue weighted by Gasteiger charge is 2.42. The fourth-order valence-electron chi connectivity index (χ4n) is 2.44. The van der Waals surface area contributed by atoms with E-state index < -0.39 is 0 Å². The molecule has 82 valence electrons. The normalized spacial score (nSPS) is 32.4. The summed E-state index contributed by atoms with van der Waals surface area (Å²) in [5.74, 6) is 0. The van der Waals surface area contributed by atoms with Crippen molar-refractivity contribution in [1.29, 1.82) is 0 Å². The number of hydrogen-bond donors (Lipinski definition) is 0. The molecule has 2 heterocycles. The Morgan fingerprint density at radius 1 is 1.25 bits per heavy atom. The van der Waals surface area contributed by atoms with Crippen LogP contribution in [0.25, 0.3) is 0 Å². The van der Waals surface area contributed by atoms with Crippen molar-refractivity contribution in [3.8, 4) is 0 Å². The predicted octanol–water partition coefficient (Wildman–Crippen LogP) is 2.30. The Kier molecular flexibility index (Phi) is 2.35. The summed E-state index contributed by atoms with van der Waals surface area (Å²) in [5.41, 5.74) is 1.21. The summed E-state index contributed by atoms with van der Waals surface area (Å²) in [5, 5.41) is 4.64. The number of benzene rings is 1. The van der Waals surface area contributed by atoms with Gasteiger partial charge in [-0.15, -0.1) is 4.59 Å². The number of hydrogen-bond acceptors (Lipinski definition) is 2. The molecule has 2 aliphatic heterocycles. The molecule has 2 atom stereocenters. The fourth-order valence-corrected chi connectivity index (χ4v) is 2.44. The molecule has 16 heavy (non-hydrogen) atoms. The molecule has 0 radical (unpaired) electrons. The van der Waals surface area contributed by atoms with Crippen LogP contribution < -0.4 is 4.59 Å². The van der Waals surface area contributed by atoms with E-state index in [1.54, 1.807) is 0 Å². The van der Waals surface area contributed by atoms with Gasteiger partial charge in [-0.1, -0.05) is 23.3 Å². The molecule has 0 aliphatic carbocycles. The summed E-state index contributed by atoms with van der Waals surface area (Å²) in [6, 6.07) is 10.8. The van der Waals surface area contributed by atoms with Gasteiger partial charge in [-0.05, 0) is 0 Å². The first-order valence-electron chi connectivity index (χ1n) is 5.67. The predicted molar refractivity (Wildman–Crippen MR) is 65.1 cm³/mol. The van der Waals surface area contributed by atoms with Crippen LogP contribution >= 0.6 is 0 Å². The zero-order valence-electron chi connectivity index (χ0n) is 9.12. The van der Waals surface area contributed by atoms with Crippen LogP contribution in [0.2, 0.25) is 0 Å². The first-order chi connectivity index (χ1) is 7.92. The molecule has 0 saturated carbocycles. The standard InChI is InChI=1S/C13H15N2O/c1-2-5-12(6-3-1)15(9-4-8-14-15)13-7-10-16-11-13/h1-6,8-9,13H,7,10-11H2/q+1/t13-,15?/m0/s1. The van der Waals surface area contributed by atoms with Crippen molar-refractivity contribution < 1.29 is 4.74 Å². The van der Waals surface area contributed by atoms with Crippen molar-refractivity contribution in [2.24, 2.45) is 5.10 Å². The molecule has 1 aromatic rings. The van der Waals surface area contributed by atoms with Gasteiger partial charge in [0.25, 0.3) is 0 Å². The Labute approximate surface area is 95.2 Å². The lowest BCUT2D eigenvalue weighted by molar-refractivity contribution is 0.170. The quantitative estimate of drug-likeness (QED) is 0.694. The van der Waals surface area contributed by atoms with Gasteiger partial charge in [-0.2, -0.15) is 0 Å². The lowest BCUT2D eigenvalue weighted by atomic mass is 10.1. The number of ether oxygens (including phenoxy) is 1. The third kappa shape index (κ3) is 1.40. The van der Waals surface area contributed by atoms with Crippen molar-refractivity contribution in [1.82, 2.24) is 4.59 Å². The first kappa shape index (κ1) is 9.75. The van der Waals surface area contributed by atoms with Crippen molar-refractivity contribution in [2.75, 3.05) is 13.2 Å². The van der Waals surface area contributed by atoms with Crippen LogP contribution in [0, 0.1) is 0 Å². The van der Waals surface area contributed by atoms with E-state index in [0.717, 1.165) is 19.6 Å². The molecule has 1 fully saturated rings. The van der Waals surface area contributed by atoms with Crippen LogP contribution in [0.15, 0.2) is 47.7 Å². The number of quaternary nitrogens is 1. The van der Waals surface area contributed by atoms with Crippen LogP contribution in [0.1, 0.15) is 6.42 Å². The molecule has 2 aliphatic rings. The third-order valence-corrected chi connectivity index (χ3v) is 3.29. The van der Waals surface area contributed by atoms with Gasteiger partial charge in [0, 0.05) is 24.6 Å². The molecule has 1 aromatic carbocycles. The van der Waals surface area contributed by atoms with Crippen molar-refractivity contribution in [3.63, 3.8) is 0 Å². The molecule has 1 unspecified atom stereocenters. The molecule has 0 N–H and O–H groups in total. The zero-order chi connectivity index (χ0) is 10.8. The molecular formula is C13H15N2O+. The van der Waals surface area contributed by atoms with Crippen molar-refractivity contribution in [3.05, 3.63) is 42.6 Å². The van der Waals surface area contributed by atoms with Crippen molar-refractivity contribution in [2.45, 2.75) is 12.5 Å². The highest BCUT2D eigenvalue weighted by atomic mass is 16.5. The van der Waals surface area contributed by atoms with E-state index in [0.29, 0.717) is 10.6 Å². The smallest absolute Gasteiger partial charge is 0.164 e. The van der Waals surface area contributed by atoms with Gasteiger partial charge in [-0.25, -0.2) is 0 Å². The fraction of sp³-hybridized carbons (Fsp3) is 0.308. The van der Waals surface area contributed by atoms with Crippen LogP contribution in [-0.2, 0) is 4.74 Å². The van der Waals surface area contributed by atoms with Gasteiger partial charge in [0.15, 0.2) is 5.69 Å². The molecule has 3 nitrogen and oxygen atoms in total. The van der Waals surface area contributed by atoms with E-state index >= 15 is 0 Å². The Balaban J connectivity index is 2.03. The lowest BCUT2D eigenvalue weighted by Crippen LogP contribution is -2.47. The van der Waals surface area contributed by atoms with Gasteiger partial charge in [0.1, 0.15) is 18.8 Å². The van der Waals surface area contributed by atoms with E-state index in [-0.39, 0.29) is 0 Å². The Morgan fingerprint density at radius 2 is 2.12 bits per heavy atom. The Hall–Kier alpha value is -1.45. The van der Waals surface area contributed by atoms with Crippen LogP contribution in [-0.4, -0.2) is 25.5 Å². The summed E-state index contributed by atoms with van der Waals surface area (Å²) >= 11 is 0. The van der Waals surface area contributed by atoms with E-state index in [2.05, 4.69) is 35.6 Å². The van der Waals surface area contributed by atoms with Gasteiger partial charge < -0.3 is 4.74 Å². The van der Waals surface area contributed by atoms with Gasteiger partial charge in [0.2, 0.25) is 0 Å². The molecule has 1 saturated heterocycles. The summed E-state index contributed by atoms with van der Waals surface area (Å²) < 4.78 is 6.06. The summed E-state index contributed by atoms with van der Waals surface area (Å²) in [6.07, 6.45) is 7.11. The maximum absolute atomic E-state index is 5.49. The maximum atomic E-state index is 5.49. The molecule has 3 rings (SSSR count). The third-order valence-electron chi connectivity index (χ3n) is 3.29. The molecular weight excluding hydrogens is 200 g/mol. The molecule has 3 heteroatoms. The highest BCUT2D eigenvalue weighted by molar-refractivity contribution is 5.75. The van der Waals surface area contributed by atoms with Crippen LogP contribution in [0.4, 0.5) is 5.69 Å². The summed E-state index contributed by atoms with van der Waals surface area (Å²) in [6.45, 7) is 1.64. The van der Waals surface area contributed by atoms with Crippen LogP contribution in [0.3, 0.4) is 0 Å². The monoisotopic (exact) mass is 215 g/mol. The Morgan fingerprint density at radius 3 is 2.75 bits per heavy atom. The molecule has 0 aromatic heterocycles. The van der Waals surface area contributed by atoms with Crippen LogP contribution in [0.5, 0.6) is 0 Å². The largest absolute Gasteiger partial charge is 0.375 e. The number of rotatable bonds is 2. The number of para-hydroxylation sites is 1. The second-order valence-electron chi connectivity index (χ2n) is 4.20. The Bertz CT molecular complexity index is 407. The highest BCUT2D eigenvalue weighted by Crippen LogP contribution is 2.33. The first-order valence-corrected chi connectivity index (χ1v) is 5.67. The van der Waals surface area contributed by atoms with Gasteiger partial charge in [0.05, 0.1) is 12.8 Å². The second kappa shape index (κ2) is 3.85. The molecule has 0 amide bonds. The minimum Gasteiger partial charge on any atom is -0.375 e. The summed E-state index contributed by atoms with van der Waals surface area (Å²) in [7, 11) is 0. The number of nitrogens with zero attached hydrogens (tertiary/aromatic N) is 2. The van der Waals surface area contributed by atoms with E-state index in [4.69, 9.17) is 4.74 Å². The average molecular weight is 215 g/mol. The van der Waals surface area contributed by atoms with Crippen molar-refractivity contribution >= 4 is 11.9 Å². The molecule has 0 bridgehead atoms. The average Bonchev–Trinajstić information content (AvgIpc) is 3.02. The topological polar surface area (TPSA) is 21.6 Å².